The zero-order valence-corrected chi connectivity index (χ0v) is 21.9. The molecule has 3 rings (SSSR count). The Morgan fingerprint density at radius 3 is 1.94 bits per heavy atom. The molecule has 1 atom stereocenters. The summed E-state index contributed by atoms with van der Waals surface area (Å²) in [7, 11) is 0. The molecule has 184 valence electrons. The maximum Gasteiger partial charge on any atom is 0.243 e. The largest absolute Gasteiger partial charge is 0.352 e. The number of hydrogen-bond donors (Lipinski definition) is 1. The highest BCUT2D eigenvalue weighted by Gasteiger charge is 2.31. The Morgan fingerprint density at radius 1 is 0.886 bits per heavy atom. The van der Waals surface area contributed by atoms with Crippen molar-refractivity contribution in [1.29, 1.82) is 0 Å². The summed E-state index contributed by atoms with van der Waals surface area (Å²) in [5.74, 6) is -0.421. The van der Waals surface area contributed by atoms with Crippen LogP contribution in [0.3, 0.4) is 0 Å². The van der Waals surface area contributed by atoms with Crippen LogP contribution in [0.4, 0.5) is 0 Å². The maximum atomic E-state index is 14.0. The van der Waals surface area contributed by atoms with E-state index in [1.165, 1.54) is 0 Å². The molecule has 0 aliphatic heterocycles. The average molecular weight is 511 g/mol. The highest BCUT2D eigenvalue weighted by Crippen LogP contribution is 2.30. The first-order valence-electron chi connectivity index (χ1n) is 11.9. The summed E-state index contributed by atoms with van der Waals surface area (Å²) in [6.45, 7) is 5.96. The summed E-state index contributed by atoms with van der Waals surface area (Å²) in [6, 6.07) is 24.5. The number of benzene rings is 3. The standard InChI is InChI=1S/C29H32Cl2N2O2/c1-4-27(29(35)32-20(2)3)33(19-23-15-16-24(30)17-26(23)31)28(34)18-25(21-11-7-5-8-12-21)22-13-9-6-10-14-22/h5-17,20,25,27H,4,18-19H2,1-3H3,(H,32,35)/t27-/m0/s1. The van der Waals surface area contributed by atoms with Gasteiger partial charge in [-0.3, -0.25) is 9.59 Å². The van der Waals surface area contributed by atoms with Crippen LogP contribution in [0.2, 0.25) is 10.0 Å². The van der Waals surface area contributed by atoms with Crippen molar-refractivity contribution in [3.05, 3.63) is 106 Å². The van der Waals surface area contributed by atoms with E-state index in [-0.39, 0.29) is 36.7 Å². The fraction of sp³-hybridized carbons (Fsp3) is 0.310. The molecule has 3 aromatic rings. The molecule has 0 unspecified atom stereocenters. The van der Waals surface area contributed by atoms with Crippen molar-refractivity contribution in [3.8, 4) is 0 Å². The first-order chi connectivity index (χ1) is 16.8. The minimum atomic E-state index is -0.621. The quantitative estimate of drug-likeness (QED) is 0.324. The van der Waals surface area contributed by atoms with E-state index in [9.17, 15) is 9.59 Å². The van der Waals surface area contributed by atoms with Crippen molar-refractivity contribution in [3.63, 3.8) is 0 Å². The van der Waals surface area contributed by atoms with Crippen LogP contribution in [-0.2, 0) is 16.1 Å². The molecule has 0 radical (unpaired) electrons. The molecule has 0 fully saturated rings. The van der Waals surface area contributed by atoms with Gasteiger partial charge in [0.25, 0.3) is 0 Å². The summed E-state index contributed by atoms with van der Waals surface area (Å²) >= 11 is 12.6. The van der Waals surface area contributed by atoms with Gasteiger partial charge in [0.1, 0.15) is 6.04 Å². The van der Waals surface area contributed by atoms with E-state index in [1.807, 2.05) is 87.5 Å². The van der Waals surface area contributed by atoms with Crippen LogP contribution in [0.5, 0.6) is 0 Å². The molecule has 6 heteroatoms. The Labute approximate surface area is 218 Å². The number of halogens is 2. The second-order valence-corrected chi connectivity index (χ2v) is 9.77. The van der Waals surface area contributed by atoms with Crippen molar-refractivity contribution in [2.24, 2.45) is 0 Å². The lowest BCUT2D eigenvalue weighted by Gasteiger charge is -2.33. The minimum Gasteiger partial charge on any atom is -0.352 e. The van der Waals surface area contributed by atoms with Crippen LogP contribution in [0.25, 0.3) is 0 Å². The van der Waals surface area contributed by atoms with Crippen molar-refractivity contribution in [1.82, 2.24) is 10.2 Å². The lowest BCUT2D eigenvalue weighted by Crippen LogP contribution is -2.50. The van der Waals surface area contributed by atoms with Crippen molar-refractivity contribution in [2.45, 2.75) is 58.2 Å². The number of carbonyl (C=O) groups is 2. The lowest BCUT2D eigenvalue weighted by molar-refractivity contribution is -0.141. The van der Waals surface area contributed by atoms with E-state index in [1.54, 1.807) is 17.0 Å². The van der Waals surface area contributed by atoms with E-state index >= 15 is 0 Å². The Morgan fingerprint density at radius 2 is 1.46 bits per heavy atom. The van der Waals surface area contributed by atoms with E-state index in [0.717, 1.165) is 16.7 Å². The Kier molecular flexibility index (Phi) is 9.76. The molecule has 0 aromatic heterocycles. The molecule has 0 aliphatic rings. The van der Waals surface area contributed by atoms with E-state index in [0.29, 0.717) is 16.5 Å². The zero-order valence-electron chi connectivity index (χ0n) is 20.4. The Balaban J connectivity index is 1.98. The molecule has 0 saturated heterocycles. The second-order valence-electron chi connectivity index (χ2n) is 8.92. The van der Waals surface area contributed by atoms with Crippen LogP contribution < -0.4 is 5.32 Å². The SMILES string of the molecule is CC[C@@H](C(=O)NC(C)C)N(Cc1ccc(Cl)cc1Cl)C(=O)CC(c1ccccc1)c1ccccc1. The highest BCUT2D eigenvalue weighted by atomic mass is 35.5. The molecule has 1 N–H and O–H groups in total. The van der Waals surface area contributed by atoms with Gasteiger partial charge in [-0.05, 0) is 49.1 Å². The topological polar surface area (TPSA) is 49.4 Å². The van der Waals surface area contributed by atoms with Gasteiger partial charge in [-0.2, -0.15) is 0 Å². The molecule has 4 nitrogen and oxygen atoms in total. The number of amides is 2. The van der Waals surface area contributed by atoms with Gasteiger partial charge >= 0.3 is 0 Å². The number of carbonyl (C=O) groups excluding carboxylic acids is 2. The summed E-state index contributed by atoms with van der Waals surface area (Å²) in [5, 5.41) is 3.96. The fourth-order valence-electron chi connectivity index (χ4n) is 4.22. The third-order valence-electron chi connectivity index (χ3n) is 5.96. The summed E-state index contributed by atoms with van der Waals surface area (Å²) in [4.78, 5) is 28.7. The molecule has 0 aliphatic carbocycles. The van der Waals surface area contributed by atoms with Crippen molar-refractivity contribution in [2.75, 3.05) is 0 Å². The van der Waals surface area contributed by atoms with Gasteiger partial charge < -0.3 is 10.2 Å². The van der Waals surface area contributed by atoms with Gasteiger partial charge in [0, 0.05) is 35.0 Å². The van der Waals surface area contributed by atoms with Crippen molar-refractivity contribution < 1.29 is 9.59 Å². The molecule has 35 heavy (non-hydrogen) atoms. The number of rotatable bonds is 10. The minimum absolute atomic E-state index is 0.0333. The predicted octanol–water partition coefficient (Wildman–Crippen LogP) is 6.85. The molecule has 2 amide bonds. The van der Waals surface area contributed by atoms with Crippen LogP contribution in [0.15, 0.2) is 78.9 Å². The highest BCUT2D eigenvalue weighted by molar-refractivity contribution is 6.35. The summed E-state index contributed by atoms with van der Waals surface area (Å²) < 4.78 is 0. The number of nitrogens with one attached hydrogen (secondary N) is 1. The van der Waals surface area contributed by atoms with E-state index in [4.69, 9.17) is 23.2 Å². The smallest absolute Gasteiger partial charge is 0.243 e. The van der Waals surface area contributed by atoms with Gasteiger partial charge in [0.05, 0.1) is 0 Å². The van der Waals surface area contributed by atoms with Crippen LogP contribution in [0.1, 0.15) is 56.2 Å². The molecular formula is C29H32Cl2N2O2. The van der Waals surface area contributed by atoms with Gasteiger partial charge in [-0.25, -0.2) is 0 Å². The average Bonchev–Trinajstić information content (AvgIpc) is 2.84. The number of nitrogens with zero attached hydrogens (tertiary/aromatic N) is 1. The monoisotopic (exact) mass is 510 g/mol. The van der Waals surface area contributed by atoms with E-state index in [2.05, 4.69) is 5.32 Å². The third kappa shape index (κ3) is 7.33. The first-order valence-corrected chi connectivity index (χ1v) is 12.7. The van der Waals surface area contributed by atoms with E-state index < -0.39 is 6.04 Å². The predicted molar refractivity (Wildman–Crippen MR) is 144 cm³/mol. The molecule has 3 aromatic carbocycles. The first kappa shape index (κ1) is 26.8. The second kappa shape index (κ2) is 12.8. The van der Waals surface area contributed by atoms with Gasteiger partial charge in [-0.1, -0.05) is 96.9 Å². The molecule has 0 bridgehead atoms. The van der Waals surface area contributed by atoms with Gasteiger partial charge in [0.15, 0.2) is 0 Å². The molecule has 0 saturated carbocycles. The molecule has 0 heterocycles. The van der Waals surface area contributed by atoms with Gasteiger partial charge in [-0.15, -0.1) is 0 Å². The normalized spacial score (nSPS) is 12.0. The Hall–Kier alpha value is -2.82. The van der Waals surface area contributed by atoms with Crippen LogP contribution >= 0.6 is 23.2 Å². The zero-order chi connectivity index (χ0) is 25.4. The number of hydrogen-bond acceptors (Lipinski definition) is 2. The lowest BCUT2D eigenvalue weighted by atomic mass is 9.88. The Bertz CT molecular complexity index is 1080. The van der Waals surface area contributed by atoms with Gasteiger partial charge in [0.2, 0.25) is 11.8 Å². The molecular weight excluding hydrogens is 479 g/mol. The third-order valence-corrected chi connectivity index (χ3v) is 6.54. The molecule has 0 spiro atoms. The van der Waals surface area contributed by atoms with Crippen LogP contribution in [-0.4, -0.2) is 28.8 Å². The summed E-state index contributed by atoms with van der Waals surface area (Å²) in [6.07, 6.45) is 0.710. The van der Waals surface area contributed by atoms with Crippen molar-refractivity contribution >= 4 is 35.0 Å². The summed E-state index contributed by atoms with van der Waals surface area (Å²) in [5.41, 5.74) is 2.85. The fourth-order valence-corrected chi connectivity index (χ4v) is 4.69. The maximum absolute atomic E-state index is 14.0. The van der Waals surface area contributed by atoms with Crippen LogP contribution in [0, 0.1) is 0 Å².